The summed E-state index contributed by atoms with van der Waals surface area (Å²) in [6.45, 7) is 0. The minimum Gasteiger partial charge on any atom is -0.478 e. The second-order valence-electron chi connectivity index (χ2n) is 3.67. The van der Waals surface area contributed by atoms with Gasteiger partial charge in [-0.3, -0.25) is 4.79 Å². The summed E-state index contributed by atoms with van der Waals surface area (Å²) in [6.07, 6.45) is 1.34. The summed E-state index contributed by atoms with van der Waals surface area (Å²) in [5.41, 5.74) is 6.29. The number of carbonyl (C=O) groups is 2. The van der Waals surface area contributed by atoms with Gasteiger partial charge < -0.3 is 20.6 Å². The Labute approximate surface area is 116 Å². The molecule has 0 atom stereocenters. The molecule has 0 aliphatic rings. The summed E-state index contributed by atoms with van der Waals surface area (Å²) in [4.78, 5) is 23.0. The predicted octanol–water partition coefficient (Wildman–Crippen LogP) is 2.57. The largest absolute Gasteiger partial charge is 0.478 e. The van der Waals surface area contributed by atoms with E-state index >= 15 is 0 Å². The third-order valence-corrected chi connectivity index (χ3v) is 3.00. The Kier molecular flexibility index (Phi) is 3.57. The Morgan fingerprint density at radius 1 is 1.26 bits per heavy atom. The smallest absolute Gasteiger partial charge is 0.337 e. The number of carboxylic acid groups (broad SMARTS) is 1. The van der Waals surface area contributed by atoms with Crippen LogP contribution in [0, 0.1) is 0 Å². The number of benzene rings is 1. The molecule has 1 amide bonds. The molecule has 1 aromatic carbocycles. The lowest BCUT2D eigenvalue weighted by molar-refractivity contribution is 0.0698. The zero-order chi connectivity index (χ0) is 14.0. The van der Waals surface area contributed by atoms with Gasteiger partial charge in [0.15, 0.2) is 4.67 Å². The first kappa shape index (κ1) is 13.2. The molecule has 0 unspecified atom stereocenters. The normalized spacial score (nSPS) is 10.2. The van der Waals surface area contributed by atoms with E-state index in [2.05, 4.69) is 21.2 Å². The molecule has 1 heterocycles. The van der Waals surface area contributed by atoms with Gasteiger partial charge in [0.1, 0.15) is 0 Å². The third-order valence-electron chi connectivity index (χ3n) is 2.38. The number of halogens is 1. The first-order chi connectivity index (χ1) is 8.99. The van der Waals surface area contributed by atoms with Crippen molar-refractivity contribution in [3.05, 3.63) is 46.3 Å². The summed E-state index contributed by atoms with van der Waals surface area (Å²) in [6, 6.07) is 5.63. The fourth-order valence-electron chi connectivity index (χ4n) is 1.50. The van der Waals surface area contributed by atoms with Gasteiger partial charge in [-0.2, -0.15) is 0 Å². The molecule has 0 fully saturated rings. The molecule has 0 aliphatic heterocycles. The predicted molar refractivity (Wildman–Crippen MR) is 72.2 cm³/mol. The van der Waals surface area contributed by atoms with Crippen molar-refractivity contribution < 1.29 is 19.1 Å². The van der Waals surface area contributed by atoms with E-state index in [1.54, 1.807) is 0 Å². The lowest BCUT2D eigenvalue weighted by Gasteiger charge is -2.08. The van der Waals surface area contributed by atoms with E-state index in [1.165, 1.54) is 30.5 Å². The zero-order valence-electron chi connectivity index (χ0n) is 9.51. The molecule has 19 heavy (non-hydrogen) atoms. The van der Waals surface area contributed by atoms with E-state index in [1.807, 2.05) is 0 Å². The number of nitrogen functional groups attached to an aromatic ring is 1. The molecule has 0 aliphatic carbocycles. The number of hydrogen-bond donors (Lipinski definition) is 3. The van der Waals surface area contributed by atoms with E-state index in [-0.39, 0.29) is 21.5 Å². The standard InChI is InChI=1S/C12H9BrN2O4/c13-10-8(3-4-19-10)11(16)15-9-5-6(14)1-2-7(9)12(17)18/h1-5H,14H2,(H,15,16)(H,17,18). The molecule has 0 spiro atoms. The van der Waals surface area contributed by atoms with Crippen LogP contribution in [0.15, 0.2) is 39.6 Å². The molecule has 98 valence electrons. The van der Waals surface area contributed by atoms with Gasteiger partial charge in [0.2, 0.25) is 0 Å². The number of nitrogens with one attached hydrogen (secondary N) is 1. The van der Waals surface area contributed by atoms with E-state index < -0.39 is 11.9 Å². The number of anilines is 2. The van der Waals surface area contributed by atoms with Crippen molar-refractivity contribution in [2.75, 3.05) is 11.1 Å². The van der Waals surface area contributed by atoms with Crippen molar-refractivity contribution in [3.8, 4) is 0 Å². The van der Waals surface area contributed by atoms with Crippen molar-refractivity contribution in [2.45, 2.75) is 0 Å². The molecule has 0 bridgehead atoms. The Morgan fingerprint density at radius 3 is 2.58 bits per heavy atom. The quantitative estimate of drug-likeness (QED) is 0.752. The van der Waals surface area contributed by atoms with Gasteiger partial charge in [0.05, 0.1) is 23.1 Å². The third kappa shape index (κ3) is 2.76. The fraction of sp³-hybridized carbons (Fsp3) is 0. The highest BCUT2D eigenvalue weighted by Gasteiger charge is 2.17. The van der Waals surface area contributed by atoms with E-state index in [0.717, 1.165) is 0 Å². The molecular weight excluding hydrogens is 316 g/mol. The van der Waals surface area contributed by atoms with Gasteiger partial charge in [-0.1, -0.05) is 0 Å². The number of nitrogens with two attached hydrogens (primary N) is 1. The van der Waals surface area contributed by atoms with E-state index in [9.17, 15) is 9.59 Å². The molecule has 2 aromatic rings. The zero-order valence-corrected chi connectivity index (χ0v) is 11.1. The Bertz CT molecular complexity index is 651. The number of hydrogen-bond acceptors (Lipinski definition) is 4. The maximum Gasteiger partial charge on any atom is 0.337 e. The number of amides is 1. The van der Waals surface area contributed by atoms with Crippen LogP contribution in [0.2, 0.25) is 0 Å². The lowest BCUT2D eigenvalue weighted by Crippen LogP contribution is -2.14. The van der Waals surface area contributed by atoms with Crippen LogP contribution < -0.4 is 11.1 Å². The van der Waals surface area contributed by atoms with Crippen molar-refractivity contribution in [1.82, 2.24) is 0 Å². The molecule has 0 saturated carbocycles. The fourth-order valence-corrected chi connectivity index (χ4v) is 1.92. The van der Waals surface area contributed by atoms with Gasteiger partial charge in [0.25, 0.3) is 5.91 Å². The summed E-state index contributed by atoms with van der Waals surface area (Å²) >= 11 is 3.07. The molecule has 1 aromatic heterocycles. The SMILES string of the molecule is Nc1ccc(C(=O)O)c(NC(=O)c2ccoc2Br)c1. The van der Waals surface area contributed by atoms with Gasteiger partial charge in [-0.05, 0) is 40.2 Å². The molecular formula is C12H9BrN2O4. The topological polar surface area (TPSA) is 106 Å². The first-order valence-corrected chi connectivity index (χ1v) is 5.95. The monoisotopic (exact) mass is 324 g/mol. The number of carbonyl (C=O) groups excluding carboxylic acids is 1. The maximum atomic E-state index is 11.9. The Hall–Kier alpha value is -2.28. The molecule has 0 radical (unpaired) electrons. The van der Waals surface area contributed by atoms with Gasteiger partial charge in [-0.25, -0.2) is 4.79 Å². The van der Waals surface area contributed by atoms with Crippen LogP contribution in [0.3, 0.4) is 0 Å². The second-order valence-corrected chi connectivity index (χ2v) is 4.39. The average Bonchev–Trinajstić information content (AvgIpc) is 2.75. The van der Waals surface area contributed by atoms with Crippen LogP contribution in [0.4, 0.5) is 11.4 Å². The molecule has 7 heteroatoms. The minimum absolute atomic E-state index is 0.0397. The van der Waals surface area contributed by atoms with E-state index in [0.29, 0.717) is 5.69 Å². The van der Waals surface area contributed by atoms with Crippen molar-refractivity contribution >= 4 is 39.2 Å². The first-order valence-electron chi connectivity index (χ1n) is 5.16. The summed E-state index contributed by atoms with van der Waals surface area (Å²) in [5, 5.41) is 11.5. The molecule has 0 saturated heterocycles. The van der Waals surface area contributed by atoms with Gasteiger partial charge in [0, 0.05) is 5.69 Å². The van der Waals surface area contributed by atoms with Crippen LogP contribution in [0.25, 0.3) is 0 Å². The number of aromatic carboxylic acids is 1. The average molecular weight is 325 g/mol. The molecule has 4 N–H and O–H groups in total. The Balaban J connectivity index is 2.33. The van der Waals surface area contributed by atoms with Crippen LogP contribution in [-0.4, -0.2) is 17.0 Å². The highest BCUT2D eigenvalue weighted by Crippen LogP contribution is 2.23. The highest BCUT2D eigenvalue weighted by molar-refractivity contribution is 9.10. The number of furan rings is 1. The van der Waals surface area contributed by atoms with Crippen LogP contribution in [0.1, 0.15) is 20.7 Å². The maximum absolute atomic E-state index is 11.9. The molecule has 2 rings (SSSR count). The minimum atomic E-state index is -1.15. The lowest BCUT2D eigenvalue weighted by atomic mass is 10.1. The van der Waals surface area contributed by atoms with Crippen LogP contribution in [-0.2, 0) is 0 Å². The second kappa shape index (κ2) is 5.15. The number of carboxylic acids is 1. The summed E-state index contributed by atoms with van der Waals surface area (Å²) in [5.74, 6) is -1.64. The van der Waals surface area contributed by atoms with Gasteiger partial charge >= 0.3 is 5.97 Å². The number of rotatable bonds is 3. The van der Waals surface area contributed by atoms with E-state index in [4.69, 9.17) is 15.3 Å². The highest BCUT2D eigenvalue weighted by atomic mass is 79.9. The molecule has 6 nitrogen and oxygen atoms in total. The van der Waals surface area contributed by atoms with Crippen LogP contribution >= 0.6 is 15.9 Å². The van der Waals surface area contributed by atoms with Crippen molar-refractivity contribution in [3.63, 3.8) is 0 Å². The van der Waals surface area contributed by atoms with Crippen molar-refractivity contribution in [2.24, 2.45) is 0 Å². The van der Waals surface area contributed by atoms with Crippen LogP contribution in [0.5, 0.6) is 0 Å². The van der Waals surface area contributed by atoms with Gasteiger partial charge in [-0.15, -0.1) is 0 Å². The summed E-state index contributed by atoms with van der Waals surface area (Å²) in [7, 11) is 0. The summed E-state index contributed by atoms with van der Waals surface area (Å²) < 4.78 is 5.21. The van der Waals surface area contributed by atoms with Crippen molar-refractivity contribution in [1.29, 1.82) is 0 Å². The Morgan fingerprint density at radius 2 is 2.00 bits per heavy atom.